The van der Waals surface area contributed by atoms with Gasteiger partial charge in [-0.25, -0.2) is 4.98 Å². The number of hydrogen-bond acceptors (Lipinski definition) is 5. The second-order valence-electron chi connectivity index (χ2n) is 3.21. The molecular weight excluding hydrogens is 248 g/mol. The van der Waals surface area contributed by atoms with Crippen LogP contribution in [0.4, 0.5) is 5.82 Å². The van der Waals surface area contributed by atoms with E-state index in [-0.39, 0.29) is 5.91 Å². The average Bonchev–Trinajstić information content (AvgIpc) is 2.86. The van der Waals surface area contributed by atoms with Crippen molar-refractivity contribution in [2.45, 2.75) is 0 Å². The van der Waals surface area contributed by atoms with Crippen LogP contribution in [0.1, 0.15) is 14.5 Å². The summed E-state index contributed by atoms with van der Waals surface area (Å²) in [5.74, 6) is 5.82. The Balaban J connectivity index is 2.08. The zero-order valence-electron chi connectivity index (χ0n) is 9.38. The van der Waals surface area contributed by atoms with Crippen LogP contribution in [0, 0.1) is 11.8 Å². The third-order valence-corrected chi connectivity index (χ3v) is 2.95. The second kappa shape index (κ2) is 5.91. The summed E-state index contributed by atoms with van der Waals surface area (Å²) in [6.07, 6.45) is 4.55. The van der Waals surface area contributed by atoms with Crippen molar-refractivity contribution in [2.75, 3.05) is 11.9 Å². The van der Waals surface area contributed by atoms with Crippen molar-refractivity contribution in [3.05, 3.63) is 40.5 Å². The van der Waals surface area contributed by atoms with Gasteiger partial charge in [0.2, 0.25) is 0 Å². The van der Waals surface area contributed by atoms with Gasteiger partial charge in [0.15, 0.2) is 5.82 Å². The van der Waals surface area contributed by atoms with E-state index in [0.29, 0.717) is 17.2 Å². The fraction of sp³-hybridized carbons (Fsp3) is 0.0833. The number of hydrogen-bond donors (Lipinski definition) is 2. The molecule has 90 valence electrons. The van der Waals surface area contributed by atoms with Crippen molar-refractivity contribution in [3.63, 3.8) is 0 Å². The lowest BCUT2D eigenvalue weighted by molar-refractivity contribution is 0.103. The maximum Gasteiger partial charge on any atom is 0.266 e. The minimum atomic E-state index is -0.221. The van der Waals surface area contributed by atoms with E-state index >= 15 is 0 Å². The lowest BCUT2D eigenvalue weighted by Crippen LogP contribution is -2.11. The smallest absolute Gasteiger partial charge is 0.266 e. The highest BCUT2D eigenvalue weighted by Crippen LogP contribution is 2.16. The molecule has 0 spiro atoms. The van der Waals surface area contributed by atoms with Gasteiger partial charge < -0.3 is 11.1 Å². The number of carbonyl (C=O) groups excluding carboxylic acids is 1. The van der Waals surface area contributed by atoms with Crippen LogP contribution < -0.4 is 11.1 Å². The van der Waals surface area contributed by atoms with E-state index in [4.69, 9.17) is 5.73 Å². The SMILES string of the molecule is NCC#Cc1ccc(C(=O)Nc2cnccn2)s1. The lowest BCUT2D eigenvalue weighted by Gasteiger charge is -2.00. The summed E-state index contributed by atoms with van der Waals surface area (Å²) in [7, 11) is 0. The van der Waals surface area contributed by atoms with Gasteiger partial charge in [0.25, 0.3) is 5.91 Å². The number of rotatable bonds is 2. The second-order valence-corrected chi connectivity index (χ2v) is 4.30. The highest BCUT2D eigenvalue weighted by Gasteiger charge is 2.09. The molecule has 0 aliphatic heterocycles. The molecule has 0 aliphatic carbocycles. The Kier molecular flexibility index (Phi) is 4.02. The first kappa shape index (κ1) is 12.2. The highest BCUT2D eigenvalue weighted by atomic mass is 32.1. The number of thiophene rings is 1. The molecule has 2 aromatic rings. The van der Waals surface area contributed by atoms with Gasteiger partial charge in [0, 0.05) is 12.4 Å². The molecule has 2 rings (SSSR count). The molecule has 0 atom stereocenters. The van der Waals surface area contributed by atoms with E-state index in [0.717, 1.165) is 4.88 Å². The molecule has 2 aromatic heterocycles. The Morgan fingerprint density at radius 1 is 1.44 bits per heavy atom. The Hall–Kier alpha value is -2.23. The predicted molar refractivity (Wildman–Crippen MR) is 70.2 cm³/mol. The van der Waals surface area contributed by atoms with Gasteiger partial charge in [-0.15, -0.1) is 11.3 Å². The molecule has 0 saturated heterocycles. The number of nitrogens with two attached hydrogens (primary N) is 1. The van der Waals surface area contributed by atoms with E-state index in [2.05, 4.69) is 27.1 Å². The monoisotopic (exact) mass is 258 g/mol. The van der Waals surface area contributed by atoms with Crippen LogP contribution in [-0.2, 0) is 0 Å². The standard InChI is InChI=1S/C12H10N4OS/c13-5-1-2-9-3-4-10(18-9)12(17)16-11-8-14-6-7-15-11/h3-4,6-8H,5,13H2,(H,15,16,17). The van der Waals surface area contributed by atoms with E-state index in [1.807, 2.05) is 0 Å². The Bertz CT molecular complexity index is 597. The molecule has 0 aliphatic rings. The summed E-state index contributed by atoms with van der Waals surface area (Å²) >= 11 is 1.31. The fourth-order valence-corrected chi connectivity index (χ4v) is 1.98. The van der Waals surface area contributed by atoms with Crippen molar-refractivity contribution in [3.8, 4) is 11.8 Å². The molecule has 0 unspecified atom stereocenters. The first-order chi connectivity index (χ1) is 8.79. The molecule has 5 nitrogen and oxygen atoms in total. The largest absolute Gasteiger partial charge is 0.320 e. The number of nitrogens with zero attached hydrogens (tertiary/aromatic N) is 2. The van der Waals surface area contributed by atoms with Gasteiger partial charge in [-0.3, -0.25) is 9.78 Å². The summed E-state index contributed by atoms with van der Waals surface area (Å²) in [5, 5.41) is 2.65. The van der Waals surface area contributed by atoms with Gasteiger partial charge >= 0.3 is 0 Å². The molecule has 2 heterocycles. The number of carbonyl (C=O) groups is 1. The topological polar surface area (TPSA) is 80.9 Å². The van der Waals surface area contributed by atoms with Crippen LogP contribution >= 0.6 is 11.3 Å². The number of aromatic nitrogens is 2. The van der Waals surface area contributed by atoms with Crippen LogP contribution in [-0.4, -0.2) is 22.4 Å². The Morgan fingerprint density at radius 3 is 3.06 bits per heavy atom. The predicted octanol–water partition coefficient (Wildman–Crippen LogP) is 1.10. The van der Waals surface area contributed by atoms with Crippen molar-refractivity contribution >= 4 is 23.1 Å². The molecule has 6 heteroatoms. The number of nitrogens with one attached hydrogen (secondary N) is 1. The third-order valence-electron chi connectivity index (χ3n) is 1.95. The van der Waals surface area contributed by atoms with Crippen LogP contribution in [0.15, 0.2) is 30.7 Å². The van der Waals surface area contributed by atoms with Gasteiger partial charge in [0.05, 0.1) is 22.5 Å². The molecule has 0 fully saturated rings. The van der Waals surface area contributed by atoms with E-state index in [9.17, 15) is 4.79 Å². The summed E-state index contributed by atoms with van der Waals surface area (Å²) < 4.78 is 0. The zero-order valence-corrected chi connectivity index (χ0v) is 10.2. The van der Waals surface area contributed by atoms with E-state index < -0.39 is 0 Å². The summed E-state index contributed by atoms with van der Waals surface area (Å²) in [6.45, 7) is 0.305. The summed E-state index contributed by atoms with van der Waals surface area (Å²) in [5.41, 5.74) is 5.28. The maximum absolute atomic E-state index is 11.9. The van der Waals surface area contributed by atoms with E-state index in [1.165, 1.54) is 23.7 Å². The van der Waals surface area contributed by atoms with Crippen molar-refractivity contribution in [1.82, 2.24) is 9.97 Å². The lowest BCUT2D eigenvalue weighted by atomic mass is 10.4. The molecule has 0 bridgehead atoms. The molecule has 18 heavy (non-hydrogen) atoms. The van der Waals surface area contributed by atoms with Gasteiger partial charge in [0.1, 0.15) is 0 Å². The van der Waals surface area contributed by atoms with Crippen LogP contribution in [0.3, 0.4) is 0 Å². The minimum absolute atomic E-state index is 0.221. The van der Waals surface area contributed by atoms with Crippen molar-refractivity contribution in [2.24, 2.45) is 5.73 Å². The third kappa shape index (κ3) is 3.13. The molecule has 0 radical (unpaired) electrons. The highest BCUT2D eigenvalue weighted by molar-refractivity contribution is 7.14. The Labute approximate surface area is 108 Å². The average molecular weight is 258 g/mol. The van der Waals surface area contributed by atoms with Crippen molar-refractivity contribution < 1.29 is 4.79 Å². The number of anilines is 1. The quantitative estimate of drug-likeness (QED) is 0.790. The molecule has 3 N–H and O–H groups in total. The molecule has 0 saturated carbocycles. The van der Waals surface area contributed by atoms with Crippen LogP contribution in [0.25, 0.3) is 0 Å². The van der Waals surface area contributed by atoms with Crippen LogP contribution in [0.2, 0.25) is 0 Å². The first-order valence-corrected chi connectivity index (χ1v) is 5.97. The molecule has 0 aromatic carbocycles. The maximum atomic E-state index is 11.9. The zero-order chi connectivity index (χ0) is 12.8. The van der Waals surface area contributed by atoms with Gasteiger partial charge in [-0.1, -0.05) is 11.8 Å². The van der Waals surface area contributed by atoms with Crippen LogP contribution in [0.5, 0.6) is 0 Å². The summed E-state index contributed by atoms with van der Waals surface area (Å²) in [6, 6.07) is 3.51. The normalized spacial score (nSPS) is 9.39. The molecule has 1 amide bonds. The molecular formula is C12H10N4OS. The van der Waals surface area contributed by atoms with Gasteiger partial charge in [-0.2, -0.15) is 0 Å². The first-order valence-electron chi connectivity index (χ1n) is 5.16. The van der Waals surface area contributed by atoms with E-state index in [1.54, 1.807) is 18.3 Å². The minimum Gasteiger partial charge on any atom is -0.320 e. The van der Waals surface area contributed by atoms with Crippen molar-refractivity contribution in [1.29, 1.82) is 0 Å². The fourth-order valence-electron chi connectivity index (χ4n) is 1.21. The Morgan fingerprint density at radius 2 is 2.33 bits per heavy atom. The number of amides is 1. The summed E-state index contributed by atoms with van der Waals surface area (Å²) in [4.78, 5) is 21.1. The van der Waals surface area contributed by atoms with Gasteiger partial charge in [-0.05, 0) is 12.1 Å².